The Hall–Kier alpha value is -1.95. The number of aromatic nitrogens is 2. The molecule has 2 heterocycles. The standard InChI is InChI=1S/C12H10ClFN2O3/c1-3-19-12(18)7-5-16(2)11-6(9(7)17)4-8(14)10(13)15-11/h4-5H,3H2,1-2H3. The number of hydrogen-bond donors (Lipinski definition) is 0. The maximum absolute atomic E-state index is 13.4. The van der Waals surface area contributed by atoms with Gasteiger partial charge in [-0.05, 0) is 13.0 Å². The molecule has 0 saturated heterocycles. The first-order chi connectivity index (χ1) is 8.95. The second kappa shape index (κ2) is 4.97. The van der Waals surface area contributed by atoms with E-state index in [2.05, 4.69) is 4.98 Å². The van der Waals surface area contributed by atoms with Crippen LogP contribution in [0.25, 0.3) is 11.0 Å². The van der Waals surface area contributed by atoms with Gasteiger partial charge in [0.05, 0.1) is 12.0 Å². The third-order valence-electron chi connectivity index (χ3n) is 2.55. The number of rotatable bonds is 2. The van der Waals surface area contributed by atoms with E-state index in [4.69, 9.17) is 16.3 Å². The molecule has 0 bridgehead atoms. The Labute approximate surface area is 112 Å². The number of ether oxygens (including phenoxy) is 1. The lowest BCUT2D eigenvalue weighted by molar-refractivity contribution is 0.0524. The molecule has 0 amide bonds. The second-order valence-electron chi connectivity index (χ2n) is 3.84. The third kappa shape index (κ3) is 2.31. The van der Waals surface area contributed by atoms with Gasteiger partial charge < -0.3 is 9.30 Å². The summed E-state index contributed by atoms with van der Waals surface area (Å²) >= 11 is 5.57. The predicted octanol–water partition coefficient (Wildman–Crippen LogP) is 1.90. The van der Waals surface area contributed by atoms with Gasteiger partial charge in [0.15, 0.2) is 11.0 Å². The minimum absolute atomic E-state index is 0.0186. The van der Waals surface area contributed by atoms with Crippen LogP contribution in [0.1, 0.15) is 17.3 Å². The molecular formula is C12H10ClFN2O3. The highest BCUT2D eigenvalue weighted by Crippen LogP contribution is 2.17. The Balaban J connectivity index is 2.78. The van der Waals surface area contributed by atoms with Crippen molar-refractivity contribution in [1.29, 1.82) is 0 Å². The molecule has 0 aliphatic carbocycles. The Morgan fingerprint density at radius 1 is 1.58 bits per heavy atom. The van der Waals surface area contributed by atoms with Crippen molar-refractivity contribution in [3.63, 3.8) is 0 Å². The summed E-state index contributed by atoms with van der Waals surface area (Å²) in [6.45, 7) is 1.78. The zero-order valence-corrected chi connectivity index (χ0v) is 11.0. The van der Waals surface area contributed by atoms with Gasteiger partial charge in [0.25, 0.3) is 0 Å². The van der Waals surface area contributed by atoms with Crippen LogP contribution in [0.3, 0.4) is 0 Å². The van der Waals surface area contributed by atoms with E-state index in [-0.39, 0.29) is 28.4 Å². The molecule has 7 heteroatoms. The number of hydrogen-bond acceptors (Lipinski definition) is 4. The van der Waals surface area contributed by atoms with Crippen LogP contribution in [0.4, 0.5) is 4.39 Å². The lowest BCUT2D eigenvalue weighted by atomic mass is 10.2. The summed E-state index contributed by atoms with van der Waals surface area (Å²) in [6.07, 6.45) is 1.30. The minimum Gasteiger partial charge on any atom is -0.462 e. The van der Waals surface area contributed by atoms with E-state index in [1.165, 1.54) is 10.8 Å². The first kappa shape index (κ1) is 13.5. The first-order valence-electron chi connectivity index (χ1n) is 5.48. The maximum atomic E-state index is 13.4. The molecule has 0 N–H and O–H groups in total. The van der Waals surface area contributed by atoms with Crippen molar-refractivity contribution in [3.05, 3.63) is 39.0 Å². The van der Waals surface area contributed by atoms with Crippen LogP contribution in [0.15, 0.2) is 17.1 Å². The number of carbonyl (C=O) groups excluding carboxylic acids is 1. The molecule has 0 aromatic carbocycles. The zero-order chi connectivity index (χ0) is 14.2. The summed E-state index contributed by atoms with van der Waals surface area (Å²) in [5, 5.41) is -0.346. The number of aryl methyl sites for hydroxylation is 1. The van der Waals surface area contributed by atoms with Crippen molar-refractivity contribution in [1.82, 2.24) is 9.55 Å². The Morgan fingerprint density at radius 2 is 2.26 bits per heavy atom. The summed E-state index contributed by atoms with van der Waals surface area (Å²) < 4.78 is 19.6. The average molecular weight is 285 g/mol. The van der Waals surface area contributed by atoms with Crippen LogP contribution in [0.5, 0.6) is 0 Å². The summed E-state index contributed by atoms with van der Waals surface area (Å²) in [6, 6.07) is 0.968. The fourth-order valence-electron chi connectivity index (χ4n) is 1.71. The Bertz CT molecular complexity index is 727. The van der Waals surface area contributed by atoms with Crippen molar-refractivity contribution in [2.24, 2.45) is 7.05 Å². The summed E-state index contributed by atoms with van der Waals surface area (Å²) in [7, 11) is 1.58. The molecule has 0 radical (unpaired) electrons. The van der Waals surface area contributed by atoms with E-state index in [0.29, 0.717) is 0 Å². The smallest absolute Gasteiger partial charge is 0.343 e. The van der Waals surface area contributed by atoms with Crippen LogP contribution < -0.4 is 5.43 Å². The first-order valence-corrected chi connectivity index (χ1v) is 5.86. The van der Waals surface area contributed by atoms with Crippen molar-refractivity contribution in [2.75, 3.05) is 6.61 Å². The molecule has 100 valence electrons. The van der Waals surface area contributed by atoms with Crippen molar-refractivity contribution < 1.29 is 13.9 Å². The largest absolute Gasteiger partial charge is 0.462 e. The van der Waals surface area contributed by atoms with Crippen LogP contribution in [-0.4, -0.2) is 22.1 Å². The molecule has 2 aromatic heterocycles. The van der Waals surface area contributed by atoms with Gasteiger partial charge in [-0.2, -0.15) is 0 Å². The number of halogens is 2. The molecule has 0 spiro atoms. The summed E-state index contributed by atoms with van der Waals surface area (Å²) in [5.74, 6) is -1.56. The highest BCUT2D eigenvalue weighted by Gasteiger charge is 2.17. The van der Waals surface area contributed by atoms with Crippen LogP contribution in [0.2, 0.25) is 5.15 Å². The quantitative estimate of drug-likeness (QED) is 0.624. The number of nitrogens with zero attached hydrogens (tertiary/aromatic N) is 2. The molecule has 2 rings (SSSR count). The molecule has 0 aliphatic rings. The monoisotopic (exact) mass is 284 g/mol. The van der Waals surface area contributed by atoms with Gasteiger partial charge in [-0.25, -0.2) is 14.2 Å². The zero-order valence-electron chi connectivity index (χ0n) is 10.2. The summed E-state index contributed by atoms with van der Waals surface area (Å²) in [5.41, 5.74) is -0.598. The molecular weight excluding hydrogens is 275 g/mol. The fraction of sp³-hybridized carbons (Fsp3) is 0.250. The lowest BCUT2D eigenvalue weighted by Crippen LogP contribution is -2.20. The molecule has 0 aliphatic heterocycles. The van der Waals surface area contributed by atoms with Gasteiger partial charge in [0.1, 0.15) is 11.2 Å². The van der Waals surface area contributed by atoms with Gasteiger partial charge in [0, 0.05) is 13.2 Å². The number of carbonyl (C=O) groups is 1. The average Bonchev–Trinajstić information content (AvgIpc) is 2.36. The van der Waals surface area contributed by atoms with E-state index < -0.39 is 17.2 Å². The molecule has 0 atom stereocenters. The number of pyridine rings is 2. The topological polar surface area (TPSA) is 61.2 Å². The van der Waals surface area contributed by atoms with Gasteiger partial charge in [-0.15, -0.1) is 0 Å². The van der Waals surface area contributed by atoms with Gasteiger partial charge >= 0.3 is 5.97 Å². The fourth-order valence-corrected chi connectivity index (χ4v) is 1.84. The highest BCUT2D eigenvalue weighted by atomic mass is 35.5. The highest BCUT2D eigenvalue weighted by molar-refractivity contribution is 6.29. The van der Waals surface area contributed by atoms with Crippen LogP contribution in [-0.2, 0) is 11.8 Å². The molecule has 19 heavy (non-hydrogen) atoms. The van der Waals surface area contributed by atoms with Gasteiger partial charge in [0.2, 0.25) is 5.43 Å². The second-order valence-corrected chi connectivity index (χ2v) is 4.19. The predicted molar refractivity (Wildman–Crippen MR) is 67.9 cm³/mol. The van der Waals surface area contributed by atoms with E-state index in [0.717, 1.165) is 6.07 Å². The molecule has 0 saturated carbocycles. The van der Waals surface area contributed by atoms with Crippen LogP contribution in [0, 0.1) is 5.82 Å². The van der Waals surface area contributed by atoms with Crippen LogP contribution >= 0.6 is 11.6 Å². The van der Waals surface area contributed by atoms with Crippen molar-refractivity contribution in [2.45, 2.75) is 6.92 Å². The van der Waals surface area contributed by atoms with E-state index >= 15 is 0 Å². The summed E-state index contributed by atoms with van der Waals surface area (Å²) in [4.78, 5) is 27.5. The third-order valence-corrected chi connectivity index (χ3v) is 2.82. The molecule has 0 unspecified atom stereocenters. The van der Waals surface area contributed by atoms with E-state index in [1.807, 2.05) is 0 Å². The minimum atomic E-state index is -0.813. The van der Waals surface area contributed by atoms with Gasteiger partial charge in [-0.3, -0.25) is 4.79 Å². The van der Waals surface area contributed by atoms with Crippen molar-refractivity contribution in [3.8, 4) is 0 Å². The van der Waals surface area contributed by atoms with E-state index in [9.17, 15) is 14.0 Å². The Morgan fingerprint density at radius 3 is 2.89 bits per heavy atom. The molecule has 2 aromatic rings. The molecule has 5 nitrogen and oxygen atoms in total. The SMILES string of the molecule is CCOC(=O)c1cn(C)c2nc(Cl)c(F)cc2c1=O. The molecule has 0 fully saturated rings. The normalized spacial score (nSPS) is 10.7. The number of fused-ring (bicyclic) bond motifs is 1. The Kier molecular flexibility index (Phi) is 3.53. The van der Waals surface area contributed by atoms with Gasteiger partial charge in [-0.1, -0.05) is 11.6 Å². The number of esters is 1. The maximum Gasteiger partial charge on any atom is 0.343 e. The van der Waals surface area contributed by atoms with Crippen molar-refractivity contribution >= 4 is 28.6 Å². The van der Waals surface area contributed by atoms with E-state index in [1.54, 1.807) is 14.0 Å². The lowest BCUT2D eigenvalue weighted by Gasteiger charge is -2.08.